The third-order valence-electron chi connectivity index (χ3n) is 3.22. The van der Waals surface area contributed by atoms with Gasteiger partial charge in [0.05, 0.1) is 16.3 Å². The third-order valence-corrected chi connectivity index (χ3v) is 3.65. The van der Waals surface area contributed by atoms with Crippen molar-refractivity contribution in [1.82, 2.24) is 4.90 Å². The summed E-state index contributed by atoms with van der Waals surface area (Å²) >= 11 is 5.93. The highest BCUT2D eigenvalue weighted by molar-refractivity contribution is 6.36. The van der Waals surface area contributed by atoms with Gasteiger partial charge in [-0.2, -0.15) is 0 Å². The summed E-state index contributed by atoms with van der Waals surface area (Å²) in [5.41, 5.74) is 6.10. The molecule has 1 aliphatic rings. The molecule has 1 amide bonds. The van der Waals surface area contributed by atoms with Crippen LogP contribution in [0.25, 0.3) is 0 Å². The zero-order valence-corrected chi connectivity index (χ0v) is 12.0. The summed E-state index contributed by atoms with van der Waals surface area (Å²) in [6.45, 7) is 2.27. The first-order chi connectivity index (χ1) is 9.54. The maximum atomic E-state index is 11.9. The molecule has 20 heavy (non-hydrogen) atoms. The Morgan fingerprint density at radius 1 is 1.45 bits per heavy atom. The third kappa shape index (κ3) is 3.22. The average molecular weight is 297 g/mol. The number of anilines is 1. The van der Waals surface area contributed by atoms with Gasteiger partial charge in [-0.05, 0) is 31.9 Å². The molecule has 1 saturated carbocycles. The van der Waals surface area contributed by atoms with Crippen LogP contribution in [0, 0.1) is 0 Å². The number of nitrogen functional groups attached to an aromatic ring is 1. The lowest BCUT2D eigenvalue weighted by molar-refractivity contribution is -0.134. The average Bonchev–Trinajstić information content (AvgIpc) is 3.24. The summed E-state index contributed by atoms with van der Waals surface area (Å²) in [6, 6.07) is 5.03. The van der Waals surface area contributed by atoms with E-state index in [9.17, 15) is 9.59 Å². The predicted octanol–water partition coefficient (Wildman–Crippen LogP) is 2.09. The highest BCUT2D eigenvalue weighted by Crippen LogP contribution is 2.27. The molecule has 0 bridgehead atoms. The van der Waals surface area contributed by atoms with Crippen molar-refractivity contribution < 1.29 is 14.3 Å². The number of halogens is 1. The van der Waals surface area contributed by atoms with Gasteiger partial charge in [-0.1, -0.05) is 17.7 Å². The van der Waals surface area contributed by atoms with Crippen LogP contribution in [0.15, 0.2) is 18.2 Å². The molecule has 2 rings (SSSR count). The Labute approximate surface area is 122 Å². The van der Waals surface area contributed by atoms with Crippen molar-refractivity contribution in [3.8, 4) is 0 Å². The Hall–Kier alpha value is -1.75. The molecule has 0 spiro atoms. The van der Waals surface area contributed by atoms with Crippen LogP contribution in [0.1, 0.15) is 30.1 Å². The molecule has 1 aromatic rings. The molecular formula is C14H17ClN2O3. The predicted molar refractivity (Wildman–Crippen MR) is 76.6 cm³/mol. The number of benzene rings is 1. The molecule has 0 saturated heterocycles. The van der Waals surface area contributed by atoms with Gasteiger partial charge < -0.3 is 15.4 Å². The Balaban J connectivity index is 1.94. The van der Waals surface area contributed by atoms with E-state index in [1.165, 1.54) is 6.07 Å². The number of rotatable bonds is 5. The molecule has 0 atom stereocenters. The van der Waals surface area contributed by atoms with Crippen molar-refractivity contribution in [1.29, 1.82) is 0 Å². The normalized spacial score (nSPS) is 13.9. The summed E-state index contributed by atoms with van der Waals surface area (Å²) < 4.78 is 5.02. The van der Waals surface area contributed by atoms with Gasteiger partial charge in [-0.25, -0.2) is 4.79 Å². The van der Waals surface area contributed by atoms with Gasteiger partial charge in [-0.3, -0.25) is 4.79 Å². The number of ether oxygens (including phenoxy) is 1. The lowest BCUT2D eigenvalue weighted by Crippen LogP contribution is -2.36. The lowest BCUT2D eigenvalue weighted by Gasteiger charge is -2.20. The first-order valence-corrected chi connectivity index (χ1v) is 6.93. The number of nitrogens with two attached hydrogens (primary N) is 1. The van der Waals surface area contributed by atoms with Gasteiger partial charge in [0.1, 0.15) is 0 Å². The second kappa shape index (κ2) is 6.13. The van der Waals surface area contributed by atoms with E-state index in [1.807, 2.05) is 6.92 Å². The van der Waals surface area contributed by atoms with Crippen LogP contribution >= 0.6 is 11.6 Å². The minimum atomic E-state index is -0.637. The van der Waals surface area contributed by atoms with Crippen LogP contribution in [0.2, 0.25) is 5.02 Å². The SMILES string of the molecule is CCN(C(=O)COC(=O)c1cccc(N)c1Cl)C1CC1. The topological polar surface area (TPSA) is 72.6 Å². The second-order valence-corrected chi connectivity index (χ2v) is 5.07. The maximum Gasteiger partial charge on any atom is 0.340 e. The monoisotopic (exact) mass is 296 g/mol. The summed E-state index contributed by atoms with van der Waals surface area (Å²) in [6.07, 6.45) is 2.04. The Morgan fingerprint density at radius 3 is 2.75 bits per heavy atom. The molecule has 0 radical (unpaired) electrons. The number of carbonyl (C=O) groups excluding carboxylic acids is 2. The fourth-order valence-corrected chi connectivity index (χ4v) is 2.22. The standard InChI is InChI=1S/C14H17ClN2O3/c1-2-17(9-6-7-9)12(18)8-20-14(19)10-4-3-5-11(16)13(10)15/h3-5,9H,2,6-8,16H2,1H3. The zero-order valence-electron chi connectivity index (χ0n) is 11.3. The fourth-order valence-electron chi connectivity index (χ4n) is 2.02. The van der Waals surface area contributed by atoms with Crippen LogP contribution in [-0.4, -0.2) is 36.0 Å². The Morgan fingerprint density at radius 2 is 2.15 bits per heavy atom. The summed E-state index contributed by atoms with van der Waals surface area (Å²) in [4.78, 5) is 25.6. The van der Waals surface area contributed by atoms with Gasteiger partial charge in [0.25, 0.3) is 5.91 Å². The van der Waals surface area contributed by atoms with E-state index in [0.717, 1.165) is 12.8 Å². The number of carbonyl (C=O) groups is 2. The molecule has 0 heterocycles. The first kappa shape index (κ1) is 14.7. The van der Waals surface area contributed by atoms with E-state index in [4.69, 9.17) is 22.1 Å². The number of amides is 1. The number of hydrogen-bond donors (Lipinski definition) is 1. The Kier molecular flexibility index (Phi) is 4.49. The van der Waals surface area contributed by atoms with E-state index in [2.05, 4.69) is 0 Å². The smallest absolute Gasteiger partial charge is 0.340 e. The van der Waals surface area contributed by atoms with Crippen LogP contribution in [0.4, 0.5) is 5.69 Å². The molecule has 2 N–H and O–H groups in total. The fraction of sp³-hybridized carbons (Fsp3) is 0.429. The lowest BCUT2D eigenvalue weighted by atomic mass is 10.2. The number of hydrogen-bond acceptors (Lipinski definition) is 4. The van der Waals surface area contributed by atoms with Gasteiger partial charge >= 0.3 is 5.97 Å². The van der Waals surface area contributed by atoms with Gasteiger partial charge in [-0.15, -0.1) is 0 Å². The van der Waals surface area contributed by atoms with Gasteiger partial charge in [0, 0.05) is 12.6 Å². The van der Waals surface area contributed by atoms with Crippen molar-refractivity contribution in [3.05, 3.63) is 28.8 Å². The first-order valence-electron chi connectivity index (χ1n) is 6.55. The van der Waals surface area contributed by atoms with Crippen LogP contribution in [-0.2, 0) is 9.53 Å². The molecule has 0 unspecified atom stereocenters. The summed E-state index contributed by atoms with van der Waals surface area (Å²) in [5.74, 6) is -0.814. The molecule has 1 aliphatic carbocycles. The molecule has 5 nitrogen and oxygen atoms in total. The highest BCUT2D eigenvalue weighted by atomic mass is 35.5. The van der Waals surface area contributed by atoms with E-state index in [0.29, 0.717) is 18.3 Å². The Bertz CT molecular complexity index is 529. The van der Waals surface area contributed by atoms with Gasteiger partial charge in [0.15, 0.2) is 6.61 Å². The van der Waals surface area contributed by atoms with E-state index < -0.39 is 5.97 Å². The maximum absolute atomic E-state index is 11.9. The molecule has 0 aliphatic heterocycles. The van der Waals surface area contributed by atoms with E-state index in [1.54, 1.807) is 17.0 Å². The van der Waals surface area contributed by atoms with E-state index >= 15 is 0 Å². The summed E-state index contributed by atoms with van der Waals surface area (Å²) in [7, 11) is 0. The summed E-state index contributed by atoms with van der Waals surface area (Å²) in [5, 5.41) is 0.152. The molecule has 1 fully saturated rings. The number of nitrogens with zero attached hydrogens (tertiary/aromatic N) is 1. The minimum absolute atomic E-state index is 0.152. The van der Waals surface area contributed by atoms with Crippen molar-refractivity contribution >= 4 is 29.2 Å². The van der Waals surface area contributed by atoms with Crippen LogP contribution in [0.5, 0.6) is 0 Å². The number of esters is 1. The molecule has 1 aromatic carbocycles. The molecular weight excluding hydrogens is 280 g/mol. The largest absolute Gasteiger partial charge is 0.452 e. The van der Waals surface area contributed by atoms with Crippen molar-refractivity contribution in [2.24, 2.45) is 0 Å². The second-order valence-electron chi connectivity index (χ2n) is 4.70. The highest BCUT2D eigenvalue weighted by Gasteiger charge is 2.31. The van der Waals surface area contributed by atoms with Crippen LogP contribution < -0.4 is 5.73 Å². The van der Waals surface area contributed by atoms with Crippen LogP contribution in [0.3, 0.4) is 0 Å². The number of likely N-dealkylation sites (N-methyl/N-ethyl adjacent to an activating group) is 1. The van der Waals surface area contributed by atoms with Crippen molar-refractivity contribution in [2.45, 2.75) is 25.8 Å². The van der Waals surface area contributed by atoms with Gasteiger partial charge in [0.2, 0.25) is 0 Å². The minimum Gasteiger partial charge on any atom is -0.452 e. The molecule has 6 heteroatoms. The molecule has 108 valence electrons. The van der Waals surface area contributed by atoms with E-state index in [-0.39, 0.29) is 23.1 Å². The molecule has 0 aromatic heterocycles. The quantitative estimate of drug-likeness (QED) is 0.667. The zero-order chi connectivity index (χ0) is 14.7. The van der Waals surface area contributed by atoms with Crippen molar-refractivity contribution in [3.63, 3.8) is 0 Å². The van der Waals surface area contributed by atoms with Crippen molar-refractivity contribution in [2.75, 3.05) is 18.9 Å².